The fraction of sp³-hybridized carbons (Fsp3) is 0. The Morgan fingerprint density at radius 3 is 1.93 bits per heavy atom. The second kappa shape index (κ2) is 12.3. The number of rotatable bonds is 5. The van der Waals surface area contributed by atoms with Crippen LogP contribution < -0.4 is 0 Å². The highest BCUT2D eigenvalue weighted by molar-refractivity contribution is 6.19. The van der Waals surface area contributed by atoms with Crippen LogP contribution >= 0.6 is 0 Å². The highest BCUT2D eigenvalue weighted by atomic mass is 16.3. The summed E-state index contributed by atoms with van der Waals surface area (Å²) in [7, 11) is 0. The standard InChI is InChI=1S/C50H30N6O/c1-2-15-31(16-3-1)47-52-48(39-20-6-10-27-42(39)55-40-25-8-4-17-32(40)37-24-14-30-51-49(37)55)54-50(53-47)56-41-26-9-5-19-38(41)45-34(21-13-28-43(45)56)36-23-12-22-35-33-18-7-11-29-44(33)57-46(35)36/h1-30H. The van der Waals surface area contributed by atoms with Crippen molar-refractivity contribution in [2.45, 2.75) is 0 Å². The molecule has 0 aliphatic rings. The van der Waals surface area contributed by atoms with E-state index in [9.17, 15) is 0 Å². The molecule has 5 heterocycles. The molecule has 0 fully saturated rings. The van der Waals surface area contributed by atoms with Gasteiger partial charge in [0, 0.05) is 55.2 Å². The molecule has 12 aromatic rings. The predicted octanol–water partition coefficient (Wildman–Crippen LogP) is 12.4. The largest absolute Gasteiger partial charge is 0.455 e. The number of hydrogen-bond acceptors (Lipinski definition) is 5. The second-order valence-electron chi connectivity index (χ2n) is 14.2. The van der Waals surface area contributed by atoms with E-state index < -0.39 is 0 Å². The van der Waals surface area contributed by atoms with E-state index in [-0.39, 0.29) is 0 Å². The zero-order valence-corrected chi connectivity index (χ0v) is 30.4. The van der Waals surface area contributed by atoms with Crippen LogP contribution in [0.5, 0.6) is 0 Å². The molecule has 0 spiro atoms. The summed E-state index contributed by atoms with van der Waals surface area (Å²) in [6.45, 7) is 0. The quantitative estimate of drug-likeness (QED) is 0.176. The minimum absolute atomic E-state index is 0.527. The Balaban J connectivity index is 1.14. The lowest BCUT2D eigenvalue weighted by molar-refractivity contribution is 0.670. The summed E-state index contributed by atoms with van der Waals surface area (Å²) in [5.74, 6) is 1.67. The van der Waals surface area contributed by atoms with Crippen molar-refractivity contribution in [3.8, 4) is 45.5 Å². The van der Waals surface area contributed by atoms with Gasteiger partial charge in [-0.3, -0.25) is 9.13 Å². The van der Waals surface area contributed by atoms with Gasteiger partial charge in [-0.2, -0.15) is 9.97 Å². The van der Waals surface area contributed by atoms with Crippen LogP contribution in [0.4, 0.5) is 0 Å². The van der Waals surface area contributed by atoms with Crippen LogP contribution in [0.3, 0.4) is 0 Å². The molecule has 0 atom stereocenters. The van der Waals surface area contributed by atoms with Crippen molar-refractivity contribution in [1.82, 2.24) is 29.1 Å². The van der Waals surface area contributed by atoms with Gasteiger partial charge in [-0.1, -0.05) is 127 Å². The number of aromatic nitrogens is 6. The van der Waals surface area contributed by atoms with Gasteiger partial charge in [0.1, 0.15) is 16.8 Å². The molecule has 0 amide bonds. The summed E-state index contributed by atoms with van der Waals surface area (Å²) in [4.78, 5) is 20.7. The van der Waals surface area contributed by atoms with Gasteiger partial charge >= 0.3 is 0 Å². The van der Waals surface area contributed by atoms with E-state index in [0.29, 0.717) is 17.6 Å². The molecule has 0 aliphatic carbocycles. The van der Waals surface area contributed by atoms with E-state index in [4.69, 9.17) is 24.4 Å². The Bertz CT molecular complexity index is 3490. The molecular weight excluding hydrogens is 701 g/mol. The van der Waals surface area contributed by atoms with Crippen LogP contribution in [-0.2, 0) is 0 Å². The van der Waals surface area contributed by atoms with Crippen LogP contribution in [0.2, 0.25) is 0 Å². The van der Waals surface area contributed by atoms with Crippen LogP contribution in [0.1, 0.15) is 0 Å². The first kappa shape index (κ1) is 31.5. The lowest BCUT2D eigenvalue weighted by atomic mass is 9.97. The fourth-order valence-electron chi connectivity index (χ4n) is 8.62. The SMILES string of the molecule is c1ccc(-c2nc(-c3ccccc3-n3c4ccccc4c4cccnc43)nc(-n3c4ccccc4c4c(-c5cccc6c5oc5ccccc56)cccc43)n2)cc1. The highest BCUT2D eigenvalue weighted by Gasteiger charge is 2.23. The first-order chi connectivity index (χ1) is 28.3. The second-order valence-corrected chi connectivity index (χ2v) is 14.2. The van der Waals surface area contributed by atoms with Crippen LogP contribution in [0.15, 0.2) is 187 Å². The topological polar surface area (TPSA) is 74.6 Å². The lowest BCUT2D eigenvalue weighted by Gasteiger charge is -2.15. The van der Waals surface area contributed by atoms with Gasteiger partial charge < -0.3 is 4.42 Å². The molecule has 5 aromatic heterocycles. The fourth-order valence-corrected chi connectivity index (χ4v) is 8.62. The maximum atomic E-state index is 6.57. The number of benzene rings is 7. The van der Waals surface area contributed by atoms with Crippen molar-refractivity contribution in [3.63, 3.8) is 0 Å². The van der Waals surface area contributed by atoms with Gasteiger partial charge in [0.25, 0.3) is 0 Å². The Kier molecular flexibility index (Phi) is 6.79. The minimum Gasteiger partial charge on any atom is -0.455 e. The molecule has 12 rings (SSSR count). The van der Waals surface area contributed by atoms with Crippen LogP contribution in [-0.4, -0.2) is 29.1 Å². The van der Waals surface area contributed by atoms with Crippen LogP contribution in [0, 0.1) is 0 Å². The number of furan rings is 1. The number of fused-ring (bicyclic) bond motifs is 9. The maximum absolute atomic E-state index is 6.57. The number of pyridine rings is 1. The molecule has 0 bridgehead atoms. The molecule has 7 aromatic carbocycles. The number of para-hydroxylation sites is 5. The summed E-state index contributed by atoms with van der Waals surface area (Å²) in [5, 5.41) is 6.61. The first-order valence-electron chi connectivity index (χ1n) is 19.0. The van der Waals surface area contributed by atoms with E-state index >= 15 is 0 Å². The summed E-state index contributed by atoms with van der Waals surface area (Å²) in [6.07, 6.45) is 1.85. The van der Waals surface area contributed by atoms with E-state index in [2.05, 4.69) is 130 Å². The minimum atomic E-state index is 0.527. The van der Waals surface area contributed by atoms with E-state index in [1.54, 1.807) is 0 Å². The number of nitrogens with zero attached hydrogens (tertiary/aromatic N) is 6. The van der Waals surface area contributed by atoms with Gasteiger partial charge in [0.2, 0.25) is 5.95 Å². The van der Waals surface area contributed by atoms with Gasteiger partial charge in [-0.25, -0.2) is 9.97 Å². The number of hydrogen-bond donors (Lipinski definition) is 0. The third-order valence-electron chi connectivity index (χ3n) is 11.1. The van der Waals surface area contributed by atoms with Crippen LogP contribution in [0.25, 0.3) is 111 Å². The Labute approximate surface area is 325 Å². The summed E-state index contributed by atoms with van der Waals surface area (Å²) < 4.78 is 11.0. The molecule has 266 valence electrons. The van der Waals surface area contributed by atoms with Gasteiger partial charge in [-0.05, 0) is 54.1 Å². The van der Waals surface area contributed by atoms with Crippen molar-refractivity contribution in [3.05, 3.63) is 182 Å². The molecule has 57 heavy (non-hydrogen) atoms. The normalized spacial score (nSPS) is 11.9. The summed E-state index contributed by atoms with van der Waals surface area (Å²) in [5.41, 5.74) is 10.5. The molecule has 0 unspecified atom stereocenters. The molecule has 0 aliphatic heterocycles. The Morgan fingerprint density at radius 1 is 0.404 bits per heavy atom. The average Bonchev–Trinajstić information content (AvgIpc) is 3.95. The summed E-state index contributed by atoms with van der Waals surface area (Å²) >= 11 is 0. The zero-order valence-electron chi connectivity index (χ0n) is 30.4. The lowest BCUT2D eigenvalue weighted by Crippen LogP contribution is -2.08. The van der Waals surface area contributed by atoms with Gasteiger partial charge in [-0.15, -0.1) is 0 Å². The van der Waals surface area contributed by atoms with E-state index in [1.807, 2.05) is 60.8 Å². The molecule has 7 heteroatoms. The summed E-state index contributed by atoms with van der Waals surface area (Å²) in [6, 6.07) is 60.6. The van der Waals surface area contributed by atoms with Gasteiger partial charge in [0.15, 0.2) is 11.6 Å². The van der Waals surface area contributed by atoms with Crippen molar-refractivity contribution in [2.75, 3.05) is 0 Å². The molecule has 7 nitrogen and oxygen atoms in total. The predicted molar refractivity (Wildman–Crippen MR) is 230 cm³/mol. The van der Waals surface area contributed by atoms with Crippen molar-refractivity contribution in [2.24, 2.45) is 0 Å². The third-order valence-corrected chi connectivity index (χ3v) is 11.1. The Hall–Kier alpha value is -7.90. The van der Waals surface area contributed by atoms with Gasteiger partial charge in [0.05, 0.1) is 22.2 Å². The van der Waals surface area contributed by atoms with Crippen molar-refractivity contribution >= 4 is 65.7 Å². The maximum Gasteiger partial charge on any atom is 0.238 e. The smallest absolute Gasteiger partial charge is 0.238 e. The highest BCUT2D eigenvalue weighted by Crippen LogP contribution is 2.43. The van der Waals surface area contributed by atoms with Crippen molar-refractivity contribution < 1.29 is 4.42 Å². The zero-order chi connectivity index (χ0) is 37.5. The Morgan fingerprint density at radius 2 is 1.04 bits per heavy atom. The average molecular weight is 731 g/mol. The first-order valence-corrected chi connectivity index (χ1v) is 19.0. The van der Waals surface area contributed by atoms with Crippen molar-refractivity contribution in [1.29, 1.82) is 0 Å². The monoisotopic (exact) mass is 730 g/mol. The molecule has 0 saturated carbocycles. The van der Waals surface area contributed by atoms with E-state index in [1.165, 1.54) is 0 Å². The third kappa shape index (κ3) is 4.72. The molecule has 0 radical (unpaired) electrons. The molecular formula is C50H30N6O. The molecule has 0 N–H and O–H groups in total. The van der Waals surface area contributed by atoms with E-state index in [0.717, 1.165) is 93.6 Å². The molecule has 0 saturated heterocycles.